The smallest absolute Gasteiger partial charge is 0.227 e. The van der Waals surface area contributed by atoms with Crippen LogP contribution >= 0.6 is 11.6 Å². The van der Waals surface area contributed by atoms with Crippen molar-refractivity contribution >= 4 is 17.5 Å². The molecule has 4 saturated carbocycles. The Morgan fingerprint density at radius 2 is 1.84 bits per heavy atom. The van der Waals surface area contributed by atoms with Gasteiger partial charge in [0.1, 0.15) is 0 Å². The lowest BCUT2D eigenvalue weighted by atomic mass is 9.07. The Morgan fingerprint density at radius 1 is 1.12 bits per heavy atom. The van der Waals surface area contributed by atoms with Crippen LogP contribution in [0.4, 0.5) is 0 Å². The van der Waals surface area contributed by atoms with E-state index in [1.165, 1.54) is 18.4 Å². The number of rotatable bonds is 3. The van der Waals surface area contributed by atoms with Crippen LogP contribution in [-0.2, 0) is 10.2 Å². The molecule has 5 aliphatic rings. The van der Waals surface area contributed by atoms with Gasteiger partial charge in [-0.1, -0.05) is 23.7 Å². The molecule has 0 aromatic heterocycles. The van der Waals surface area contributed by atoms with Crippen molar-refractivity contribution in [2.45, 2.75) is 50.0 Å². The Labute approximate surface area is 153 Å². The molecule has 1 heterocycles. The molecule has 5 atom stereocenters. The molecule has 4 aliphatic carbocycles. The van der Waals surface area contributed by atoms with E-state index >= 15 is 0 Å². The zero-order chi connectivity index (χ0) is 16.9. The summed E-state index contributed by atoms with van der Waals surface area (Å²) >= 11 is 6.11. The third-order valence-corrected chi connectivity index (χ3v) is 8.99. The topological polar surface area (TPSA) is 41.1 Å². The first-order valence-electron chi connectivity index (χ1n) is 9.90. The van der Waals surface area contributed by atoms with Crippen LogP contribution < -0.4 is 10.6 Å². The van der Waals surface area contributed by atoms with E-state index in [1.54, 1.807) is 0 Å². The van der Waals surface area contributed by atoms with E-state index in [0.717, 1.165) is 55.6 Å². The zero-order valence-corrected chi connectivity index (χ0v) is 15.2. The summed E-state index contributed by atoms with van der Waals surface area (Å²) in [5.41, 5.74) is 1.95. The minimum Gasteiger partial charge on any atom is -0.353 e. The Balaban J connectivity index is 1.30. The molecule has 0 radical (unpaired) electrons. The van der Waals surface area contributed by atoms with E-state index in [0.29, 0.717) is 17.4 Å². The molecule has 1 spiro atoms. The van der Waals surface area contributed by atoms with Crippen molar-refractivity contribution in [1.29, 1.82) is 0 Å². The van der Waals surface area contributed by atoms with Crippen LogP contribution in [0.25, 0.3) is 0 Å². The fraction of sp³-hybridized carbons (Fsp3) is 0.667. The number of hydrogen-bond acceptors (Lipinski definition) is 2. The molecule has 1 amide bonds. The molecule has 6 rings (SSSR count). The lowest BCUT2D eigenvalue weighted by Gasteiger charge is -2.95. The van der Waals surface area contributed by atoms with Crippen molar-refractivity contribution in [2.24, 2.45) is 22.7 Å². The molecule has 4 heteroatoms. The van der Waals surface area contributed by atoms with Crippen molar-refractivity contribution in [1.82, 2.24) is 10.6 Å². The van der Waals surface area contributed by atoms with E-state index in [2.05, 4.69) is 22.8 Å². The second-order valence-electron chi connectivity index (χ2n) is 9.25. The van der Waals surface area contributed by atoms with Gasteiger partial charge in [0.2, 0.25) is 5.91 Å². The first kappa shape index (κ1) is 15.0. The first-order valence-corrected chi connectivity index (χ1v) is 10.3. The van der Waals surface area contributed by atoms with Crippen molar-refractivity contribution in [3.63, 3.8) is 0 Å². The highest BCUT2D eigenvalue weighted by atomic mass is 35.5. The van der Waals surface area contributed by atoms with Gasteiger partial charge in [0.05, 0.1) is 5.41 Å². The summed E-state index contributed by atoms with van der Waals surface area (Å²) in [5, 5.41) is 7.64. The highest BCUT2D eigenvalue weighted by molar-refractivity contribution is 6.30. The van der Waals surface area contributed by atoms with Crippen molar-refractivity contribution in [2.75, 3.05) is 13.1 Å². The summed E-state index contributed by atoms with van der Waals surface area (Å²) in [6, 6.07) is 8.86. The van der Waals surface area contributed by atoms with Crippen LogP contribution in [0, 0.1) is 22.7 Å². The molecule has 5 fully saturated rings. The molecule has 5 unspecified atom stereocenters. The second-order valence-corrected chi connectivity index (χ2v) is 9.69. The monoisotopic (exact) mass is 356 g/mol. The second kappa shape index (κ2) is 4.61. The van der Waals surface area contributed by atoms with E-state index in [4.69, 9.17) is 11.6 Å². The predicted molar refractivity (Wildman–Crippen MR) is 97.5 cm³/mol. The lowest BCUT2D eigenvalue weighted by Crippen LogP contribution is -2.94. The number of benzene rings is 1. The van der Waals surface area contributed by atoms with E-state index in [-0.39, 0.29) is 10.8 Å². The van der Waals surface area contributed by atoms with Crippen molar-refractivity contribution in [3.05, 3.63) is 34.9 Å². The Hall–Kier alpha value is -1.06. The normalized spacial score (nSPS) is 46.4. The molecule has 1 aromatic rings. The molecule has 1 aromatic carbocycles. The Kier molecular flexibility index (Phi) is 2.77. The van der Waals surface area contributed by atoms with Crippen molar-refractivity contribution in [3.8, 4) is 0 Å². The molecule has 1 saturated heterocycles. The van der Waals surface area contributed by atoms with Gasteiger partial charge < -0.3 is 10.6 Å². The first-order chi connectivity index (χ1) is 12.1. The Morgan fingerprint density at radius 3 is 2.52 bits per heavy atom. The number of piperidine rings is 1. The maximum atomic E-state index is 13.3. The van der Waals surface area contributed by atoms with E-state index < -0.39 is 0 Å². The van der Waals surface area contributed by atoms with Gasteiger partial charge in [-0.05, 0) is 81.1 Å². The third kappa shape index (κ3) is 1.46. The number of hydrogen-bond donors (Lipinski definition) is 2. The maximum Gasteiger partial charge on any atom is 0.227 e. The molecular formula is C21H25ClN2O. The van der Waals surface area contributed by atoms with E-state index in [1.807, 2.05) is 12.1 Å². The van der Waals surface area contributed by atoms with Crippen LogP contribution in [0.15, 0.2) is 24.3 Å². The third-order valence-electron chi connectivity index (χ3n) is 8.74. The van der Waals surface area contributed by atoms with Crippen LogP contribution in [0.3, 0.4) is 0 Å². The number of amides is 1. The van der Waals surface area contributed by atoms with Gasteiger partial charge in [-0.25, -0.2) is 0 Å². The fourth-order valence-corrected chi connectivity index (χ4v) is 8.16. The number of halogens is 1. The highest BCUT2D eigenvalue weighted by Gasteiger charge is 2.95. The SMILES string of the molecule is O=C(NC1CCNCC1)C12CC3CC4CC(c5ccc(Cl)cc5)(C1)C342. The van der Waals surface area contributed by atoms with Gasteiger partial charge in [0, 0.05) is 21.9 Å². The minimum atomic E-state index is -0.0522. The number of nitrogens with one attached hydrogen (secondary N) is 2. The van der Waals surface area contributed by atoms with E-state index in [9.17, 15) is 4.79 Å². The molecule has 0 bridgehead atoms. The average molecular weight is 357 g/mol. The van der Waals surface area contributed by atoms with Gasteiger partial charge in [0.25, 0.3) is 0 Å². The summed E-state index contributed by atoms with van der Waals surface area (Å²) < 4.78 is 0. The van der Waals surface area contributed by atoms with Crippen LogP contribution in [0.5, 0.6) is 0 Å². The van der Waals surface area contributed by atoms with Gasteiger partial charge in [0.15, 0.2) is 0 Å². The number of carbonyl (C=O) groups excluding carboxylic acids is 1. The fourth-order valence-electron chi connectivity index (χ4n) is 8.04. The summed E-state index contributed by atoms with van der Waals surface area (Å²) in [7, 11) is 0. The van der Waals surface area contributed by atoms with Gasteiger partial charge in [-0.2, -0.15) is 0 Å². The highest BCUT2D eigenvalue weighted by Crippen LogP contribution is 2.97. The van der Waals surface area contributed by atoms with Crippen molar-refractivity contribution < 1.29 is 4.79 Å². The van der Waals surface area contributed by atoms with Crippen LogP contribution in [-0.4, -0.2) is 25.0 Å². The largest absolute Gasteiger partial charge is 0.353 e. The van der Waals surface area contributed by atoms with Gasteiger partial charge in [-0.15, -0.1) is 0 Å². The minimum absolute atomic E-state index is 0.0522. The van der Waals surface area contributed by atoms with Gasteiger partial charge >= 0.3 is 0 Å². The van der Waals surface area contributed by atoms with Crippen LogP contribution in [0.2, 0.25) is 5.02 Å². The molecule has 2 N–H and O–H groups in total. The quantitative estimate of drug-likeness (QED) is 0.872. The lowest BCUT2D eigenvalue weighted by molar-refractivity contribution is -0.430. The standard InChI is InChI=1S/C21H25ClN2O/c22-16-3-1-13(2-4-16)19-10-14-9-15-11-20(12-19,21(14,15)19)18(25)24-17-5-7-23-8-6-17/h1-4,14-15,17,23H,5-12H2,(H,24,25). The van der Waals surface area contributed by atoms with Gasteiger partial charge in [-0.3, -0.25) is 4.79 Å². The summed E-state index contributed by atoms with van der Waals surface area (Å²) in [6.45, 7) is 2.06. The predicted octanol–water partition coefficient (Wildman–Crippen LogP) is 3.27. The average Bonchev–Trinajstić information content (AvgIpc) is 2.55. The molecule has 132 valence electrons. The summed E-state index contributed by atoms with van der Waals surface area (Å²) in [6.07, 6.45) is 6.99. The molecule has 3 nitrogen and oxygen atoms in total. The molecule has 1 aliphatic heterocycles. The maximum absolute atomic E-state index is 13.3. The zero-order valence-electron chi connectivity index (χ0n) is 14.5. The number of carbonyl (C=O) groups is 1. The molecule has 25 heavy (non-hydrogen) atoms. The Bertz CT molecular complexity index is 752. The van der Waals surface area contributed by atoms with Crippen LogP contribution in [0.1, 0.15) is 44.1 Å². The summed E-state index contributed by atoms with van der Waals surface area (Å²) in [5.74, 6) is 1.95. The summed E-state index contributed by atoms with van der Waals surface area (Å²) in [4.78, 5) is 13.3. The molecular weight excluding hydrogens is 332 g/mol.